The minimum absolute atomic E-state index is 0.0522. The van der Waals surface area contributed by atoms with Crippen LogP contribution in [-0.4, -0.2) is 15.1 Å². The first-order valence-corrected chi connectivity index (χ1v) is 8.81. The molecule has 0 aliphatic carbocycles. The Kier molecular flexibility index (Phi) is 4.53. The van der Waals surface area contributed by atoms with Crippen LogP contribution in [0.4, 0.5) is 0 Å². The molecule has 0 fully saturated rings. The predicted octanol–water partition coefficient (Wildman–Crippen LogP) is 4.97. The largest absolute Gasteiger partial charge is 0.358 e. The van der Waals surface area contributed by atoms with Gasteiger partial charge in [-0.25, -0.2) is 0 Å². The molecule has 2 aromatic heterocycles. The summed E-state index contributed by atoms with van der Waals surface area (Å²) in [6.45, 7) is 11.9. The third-order valence-electron chi connectivity index (χ3n) is 4.37. The number of aryl methyl sites for hydroxylation is 3. The number of hydrogen-bond acceptors (Lipinski definition) is 4. The van der Waals surface area contributed by atoms with Gasteiger partial charge in [0.05, 0.1) is 0 Å². The zero-order valence-electron chi connectivity index (χ0n) is 15.8. The van der Waals surface area contributed by atoms with Gasteiger partial charge in [-0.1, -0.05) is 43.6 Å². The highest BCUT2D eigenvalue weighted by atomic mass is 35.5. The van der Waals surface area contributed by atoms with Crippen LogP contribution in [0.15, 0.2) is 27.5 Å². The summed E-state index contributed by atoms with van der Waals surface area (Å²) < 4.78 is 5.15. The normalized spacial score (nSPS) is 11.8. The van der Waals surface area contributed by atoms with Gasteiger partial charge in [0.2, 0.25) is 0 Å². The van der Waals surface area contributed by atoms with E-state index in [9.17, 15) is 4.79 Å². The number of hydrogen-bond donors (Lipinski definition) is 1. The summed E-state index contributed by atoms with van der Waals surface area (Å²) in [5.41, 5.74) is 4.59. The molecule has 2 heterocycles. The number of aromatic amines is 1. The van der Waals surface area contributed by atoms with E-state index in [1.165, 1.54) is 0 Å². The molecule has 26 heavy (non-hydrogen) atoms. The smallest absolute Gasteiger partial charge is 0.263 e. The van der Waals surface area contributed by atoms with Crippen LogP contribution in [0.3, 0.4) is 0 Å². The summed E-state index contributed by atoms with van der Waals surface area (Å²) in [6, 6.07) is 5.55. The van der Waals surface area contributed by atoms with Crippen molar-refractivity contribution in [2.24, 2.45) is 0 Å². The summed E-state index contributed by atoms with van der Waals surface area (Å²) in [7, 11) is 0. The van der Waals surface area contributed by atoms with Crippen LogP contribution in [0.1, 0.15) is 43.4 Å². The molecule has 0 saturated carbocycles. The third-order valence-corrected chi connectivity index (χ3v) is 4.69. The Balaban J connectivity index is 2.15. The molecule has 0 aliphatic heterocycles. The van der Waals surface area contributed by atoms with Crippen LogP contribution in [0.2, 0.25) is 5.02 Å². The second kappa shape index (κ2) is 6.40. The average molecular weight is 372 g/mol. The molecular formula is C20H22ClN3O2. The van der Waals surface area contributed by atoms with E-state index in [4.69, 9.17) is 16.1 Å². The van der Waals surface area contributed by atoms with Gasteiger partial charge < -0.3 is 9.51 Å². The Bertz CT molecular complexity index is 1040. The van der Waals surface area contributed by atoms with Crippen molar-refractivity contribution in [3.8, 4) is 22.7 Å². The lowest BCUT2D eigenvalue weighted by molar-refractivity contribution is 0.425. The van der Waals surface area contributed by atoms with Gasteiger partial charge >= 0.3 is 0 Å². The number of aromatic nitrogens is 3. The van der Waals surface area contributed by atoms with Crippen molar-refractivity contribution in [1.82, 2.24) is 15.1 Å². The van der Waals surface area contributed by atoms with Crippen LogP contribution < -0.4 is 5.43 Å². The second-order valence-corrected chi connectivity index (χ2v) is 8.00. The lowest BCUT2D eigenvalue weighted by Gasteiger charge is -2.22. The van der Waals surface area contributed by atoms with Crippen LogP contribution in [0.5, 0.6) is 0 Å². The molecule has 5 nitrogen and oxygen atoms in total. The molecular weight excluding hydrogens is 350 g/mol. The van der Waals surface area contributed by atoms with Crippen molar-refractivity contribution in [2.75, 3.05) is 0 Å². The van der Waals surface area contributed by atoms with Gasteiger partial charge in [0.25, 0.3) is 5.89 Å². The molecule has 6 heteroatoms. The van der Waals surface area contributed by atoms with Crippen molar-refractivity contribution < 1.29 is 4.52 Å². The standard InChI is InChI=1S/C20H22ClN3O2/c1-10-7-14(20(4,5)6)15(21)8-13(10)16-9-17(25)18(11(2)22-16)19-23-12(3)24-26-19/h7-9H,1-6H3,(H,22,25). The number of pyridine rings is 1. The zero-order valence-corrected chi connectivity index (χ0v) is 16.6. The van der Waals surface area contributed by atoms with Crippen molar-refractivity contribution in [1.29, 1.82) is 0 Å². The molecule has 0 saturated heterocycles. The average Bonchev–Trinajstić information content (AvgIpc) is 2.93. The van der Waals surface area contributed by atoms with E-state index in [0.29, 0.717) is 27.8 Å². The summed E-state index contributed by atoms with van der Waals surface area (Å²) >= 11 is 6.52. The first-order chi connectivity index (χ1) is 12.1. The molecule has 0 radical (unpaired) electrons. The first kappa shape index (κ1) is 18.4. The Morgan fingerprint density at radius 1 is 1.12 bits per heavy atom. The number of H-pyrrole nitrogens is 1. The number of nitrogens with zero attached hydrogens (tertiary/aromatic N) is 2. The number of halogens is 1. The van der Waals surface area contributed by atoms with Gasteiger partial charge in [-0.05, 0) is 43.4 Å². The molecule has 0 spiro atoms. The van der Waals surface area contributed by atoms with Crippen LogP contribution in [0.25, 0.3) is 22.7 Å². The third kappa shape index (κ3) is 3.31. The molecule has 0 unspecified atom stereocenters. The maximum Gasteiger partial charge on any atom is 0.263 e. The van der Waals surface area contributed by atoms with Crippen molar-refractivity contribution >= 4 is 11.6 Å². The highest BCUT2D eigenvalue weighted by molar-refractivity contribution is 6.31. The number of benzene rings is 1. The fraction of sp³-hybridized carbons (Fsp3) is 0.350. The lowest BCUT2D eigenvalue weighted by atomic mass is 9.85. The van der Waals surface area contributed by atoms with E-state index in [-0.39, 0.29) is 16.7 Å². The fourth-order valence-electron chi connectivity index (χ4n) is 3.04. The van der Waals surface area contributed by atoms with E-state index in [0.717, 1.165) is 16.7 Å². The maximum absolute atomic E-state index is 12.7. The van der Waals surface area contributed by atoms with E-state index in [2.05, 4.69) is 42.0 Å². The Morgan fingerprint density at radius 3 is 2.35 bits per heavy atom. The monoisotopic (exact) mass is 371 g/mol. The summed E-state index contributed by atoms with van der Waals surface area (Å²) in [4.78, 5) is 20.1. The molecule has 0 amide bonds. The van der Waals surface area contributed by atoms with Gasteiger partial charge in [0, 0.05) is 28.0 Å². The zero-order chi connectivity index (χ0) is 19.2. The van der Waals surface area contributed by atoms with Crippen LogP contribution in [0, 0.1) is 20.8 Å². The minimum atomic E-state index is -0.171. The fourth-order valence-corrected chi connectivity index (χ4v) is 3.49. The van der Waals surface area contributed by atoms with Crippen molar-refractivity contribution in [3.05, 3.63) is 56.1 Å². The van der Waals surface area contributed by atoms with Gasteiger partial charge in [-0.3, -0.25) is 4.79 Å². The molecule has 0 aliphatic rings. The molecule has 0 atom stereocenters. The molecule has 3 rings (SSSR count). The van der Waals surface area contributed by atoms with Crippen molar-refractivity contribution in [2.45, 2.75) is 47.0 Å². The van der Waals surface area contributed by atoms with E-state index < -0.39 is 0 Å². The van der Waals surface area contributed by atoms with Crippen LogP contribution in [-0.2, 0) is 5.41 Å². The van der Waals surface area contributed by atoms with Crippen molar-refractivity contribution in [3.63, 3.8) is 0 Å². The molecule has 3 aromatic rings. The topological polar surface area (TPSA) is 71.8 Å². The summed E-state index contributed by atoms with van der Waals surface area (Å²) in [5.74, 6) is 0.717. The highest BCUT2D eigenvalue weighted by Crippen LogP contribution is 2.35. The lowest BCUT2D eigenvalue weighted by Crippen LogP contribution is -2.13. The number of rotatable bonds is 2. The minimum Gasteiger partial charge on any atom is -0.358 e. The summed E-state index contributed by atoms with van der Waals surface area (Å²) in [5, 5.41) is 4.45. The van der Waals surface area contributed by atoms with Gasteiger partial charge in [-0.15, -0.1) is 0 Å². The number of nitrogens with one attached hydrogen (secondary N) is 1. The molecule has 1 N–H and O–H groups in total. The Hall–Kier alpha value is -2.40. The van der Waals surface area contributed by atoms with Gasteiger partial charge in [0.1, 0.15) is 5.56 Å². The molecule has 136 valence electrons. The SMILES string of the molecule is Cc1noc(-c2c(C)[nH]c(-c3cc(Cl)c(C(C)(C)C)cc3C)cc2=O)n1. The molecule has 0 bridgehead atoms. The molecule has 1 aromatic carbocycles. The van der Waals surface area contributed by atoms with E-state index >= 15 is 0 Å². The van der Waals surface area contributed by atoms with Crippen LogP contribution >= 0.6 is 11.6 Å². The van der Waals surface area contributed by atoms with E-state index in [1.54, 1.807) is 13.0 Å². The quantitative estimate of drug-likeness (QED) is 0.690. The van der Waals surface area contributed by atoms with E-state index in [1.807, 2.05) is 19.9 Å². The predicted molar refractivity (Wildman–Crippen MR) is 104 cm³/mol. The first-order valence-electron chi connectivity index (χ1n) is 8.43. The Morgan fingerprint density at radius 2 is 1.81 bits per heavy atom. The van der Waals surface area contributed by atoms with Gasteiger partial charge in [-0.2, -0.15) is 4.98 Å². The second-order valence-electron chi connectivity index (χ2n) is 7.59. The van der Waals surface area contributed by atoms with Gasteiger partial charge in [0.15, 0.2) is 11.3 Å². The summed E-state index contributed by atoms with van der Waals surface area (Å²) in [6.07, 6.45) is 0. The highest BCUT2D eigenvalue weighted by Gasteiger charge is 2.21. The maximum atomic E-state index is 12.7. The Labute approximate surface area is 157 Å².